The molecule has 1 aromatic rings. The number of carbonyl (C=O) groups excluding carboxylic acids is 1. The molecule has 6 nitrogen and oxygen atoms in total. The van der Waals surface area contributed by atoms with Gasteiger partial charge in [-0.15, -0.1) is 0 Å². The predicted molar refractivity (Wildman–Crippen MR) is 65.9 cm³/mol. The number of esters is 1. The molecule has 0 aliphatic rings. The number of anilines is 1. The summed E-state index contributed by atoms with van der Waals surface area (Å²) < 4.78 is 23.1. The highest BCUT2D eigenvalue weighted by atomic mass is 19.1. The van der Waals surface area contributed by atoms with Crippen LogP contribution in [0, 0.1) is 5.82 Å². The Balaban J connectivity index is 3.04. The minimum absolute atomic E-state index is 0.0155. The fraction of sp³-hybridized carbons (Fsp3) is 0.417. The molecule has 0 heterocycles. The summed E-state index contributed by atoms with van der Waals surface area (Å²) in [6.07, 6.45) is -1.01. The molecule has 7 heteroatoms. The third-order valence-corrected chi connectivity index (χ3v) is 2.41. The molecule has 3 N–H and O–H groups in total. The van der Waals surface area contributed by atoms with Crippen molar-refractivity contribution >= 4 is 11.7 Å². The molecule has 1 rings (SSSR count). The van der Waals surface area contributed by atoms with E-state index in [1.807, 2.05) is 0 Å². The maximum Gasteiger partial charge on any atom is 0.338 e. The average molecular weight is 273 g/mol. The van der Waals surface area contributed by atoms with Gasteiger partial charge < -0.3 is 25.0 Å². The van der Waals surface area contributed by atoms with Crippen molar-refractivity contribution in [2.75, 3.05) is 32.7 Å². The summed E-state index contributed by atoms with van der Waals surface area (Å²) in [7, 11) is 2.47. The molecule has 106 valence electrons. The lowest BCUT2D eigenvalue weighted by Crippen LogP contribution is -2.23. The number of benzene rings is 1. The lowest BCUT2D eigenvalue weighted by molar-refractivity contribution is 0.0600. The van der Waals surface area contributed by atoms with E-state index in [4.69, 9.17) is 9.84 Å². The molecular weight excluding hydrogens is 257 g/mol. The molecule has 19 heavy (non-hydrogen) atoms. The third kappa shape index (κ3) is 3.80. The molecule has 0 saturated heterocycles. The number of aliphatic hydroxyl groups is 2. The maximum absolute atomic E-state index is 13.7. The second-order valence-electron chi connectivity index (χ2n) is 3.75. The Morgan fingerprint density at radius 3 is 2.68 bits per heavy atom. The molecule has 0 fully saturated rings. The van der Waals surface area contributed by atoms with Crippen LogP contribution in [-0.4, -0.2) is 49.7 Å². The predicted octanol–water partition coefficient (Wildman–Crippen LogP) is 0.386. The van der Waals surface area contributed by atoms with Crippen LogP contribution in [0.4, 0.5) is 10.1 Å². The van der Waals surface area contributed by atoms with Gasteiger partial charge in [0.15, 0.2) is 11.6 Å². The normalized spacial score (nSPS) is 11.8. The summed E-state index contributed by atoms with van der Waals surface area (Å²) in [5, 5.41) is 20.6. The van der Waals surface area contributed by atoms with Gasteiger partial charge in [0.25, 0.3) is 0 Å². The van der Waals surface area contributed by atoms with E-state index in [2.05, 4.69) is 10.1 Å². The minimum atomic E-state index is -1.01. The van der Waals surface area contributed by atoms with Crippen LogP contribution in [0.1, 0.15) is 10.4 Å². The van der Waals surface area contributed by atoms with E-state index >= 15 is 0 Å². The topological polar surface area (TPSA) is 88.0 Å². The second-order valence-corrected chi connectivity index (χ2v) is 3.75. The van der Waals surface area contributed by atoms with Crippen molar-refractivity contribution < 1.29 is 28.9 Å². The third-order valence-electron chi connectivity index (χ3n) is 2.41. The largest absolute Gasteiger partial charge is 0.492 e. The number of nitrogens with one attached hydrogen (secondary N) is 1. The van der Waals surface area contributed by atoms with Crippen molar-refractivity contribution in [3.8, 4) is 5.75 Å². The van der Waals surface area contributed by atoms with E-state index in [1.165, 1.54) is 20.3 Å². The van der Waals surface area contributed by atoms with E-state index in [-0.39, 0.29) is 23.5 Å². The van der Waals surface area contributed by atoms with Gasteiger partial charge in [0, 0.05) is 6.54 Å². The Kier molecular flexibility index (Phi) is 5.53. The summed E-state index contributed by atoms with van der Waals surface area (Å²) in [5.41, 5.74) is 0.206. The van der Waals surface area contributed by atoms with Crippen molar-refractivity contribution in [1.82, 2.24) is 0 Å². The molecule has 0 bridgehead atoms. The SMILES string of the molecule is COC(=O)c1cc(F)c(OC)c(NCC(O)CO)c1. The number of methoxy groups -OCH3 is 2. The van der Waals surface area contributed by atoms with Gasteiger partial charge in [-0.05, 0) is 12.1 Å². The smallest absolute Gasteiger partial charge is 0.338 e. The molecule has 1 atom stereocenters. The molecule has 0 aliphatic carbocycles. The molecule has 0 saturated carbocycles. The molecule has 0 amide bonds. The van der Waals surface area contributed by atoms with Gasteiger partial charge in [-0.2, -0.15) is 0 Å². The van der Waals surface area contributed by atoms with Gasteiger partial charge in [-0.25, -0.2) is 9.18 Å². The fourth-order valence-corrected chi connectivity index (χ4v) is 1.46. The monoisotopic (exact) mass is 273 g/mol. The van der Waals surface area contributed by atoms with Gasteiger partial charge in [0.2, 0.25) is 0 Å². The first kappa shape index (κ1) is 15.2. The van der Waals surface area contributed by atoms with Crippen LogP contribution in [0.5, 0.6) is 5.75 Å². The Morgan fingerprint density at radius 1 is 1.47 bits per heavy atom. The number of rotatable bonds is 6. The van der Waals surface area contributed by atoms with Crippen molar-refractivity contribution in [3.05, 3.63) is 23.5 Å². The number of hydrogen-bond acceptors (Lipinski definition) is 6. The molecule has 1 unspecified atom stereocenters. The van der Waals surface area contributed by atoms with Crippen LogP contribution in [0.25, 0.3) is 0 Å². The zero-order chi connectivity index (χ0) is 14.4. The average Bonchev–Trinajstić information content (AvgIpc) is 2.43. The fourth-order valence-electron chi connectivity index (χ4n) is 1.46. The van der Waals surface area contributed by atoms with Crippen LogP contribution in [-0.2, 0) is 4.74 Å². The first-order valence-corrected chi connectivity index (χ1v) is 5.52. The van der Waals surface area contributed by atoms with E-state index in [0.717, 1.165) is 6.07 Å². The zero-order valence-corrected chi connectivity index (χ0v) is 10.6. The summed E-state index contributed by atoms with van der Waals surface area (Å²) in [5.74, 6) is -1.50. The van der Waals surface area contributed by atoms with Gasteiger partial charge in [-0.1, -0.05) is 0 Å². The van der Waals surface area contributed by atoms with Gasteiger partial charge in [-0.3, -0.25) is 0 Å². The highest BCUT2D eigenvalue weighted by Crippen LogP contribution is 2.29. The number of aliphatic hydroxyl groups excluding tert-OH is 2. The number of carbonyl (C=O) groups is 1. The Bertz CT molecular complexity index is 452. The van der Waals surface area contributed by atoms with Crippen molar-refractivity contribution in [3.63, 3.8) is 0 Å². The van der Waals surface area contributed by atoms with E-state index in [9.17, 15) is 14.3 Å². The molecule has 0 spiro atoms. The standard InChI is InChI=1S/C12H16FNO5/c1-18-11-9(13)3-7(12(17)19-2)4-10(11)14-5-8(16)6-15/h3-4,8,14-16H,5-6H2,1-2H3. The molecule has 0 aliphatic heterocycles. The first-order chi connectivity index (χ1) is 9.03. The number of ether oxygens (including phenoxy) is 2. The van der Waals surface area contributed by atoms with E-state index < -0.39 is 24.5 Å². The molecule has 1 aromatic carbocycles. The number of halogens is 1. The quantitative estimate of drug-likeness (QED) is 0.650. The summed E-state index contributed by atoms with van der Waals surface area (Å²) in [4.78, 5) is 11.4. The van der Waals surface area contributed by atoms with Crippen molar-refractivity contribution in [2.24, 2.45) is 0 Å². The summed E-state index contributed by atoms with van der Waals surface area (Å²) in [6, 6.07) is 2.34. The highest BCUT2D eigenvalue weighted by molar-refractivity contribution is 5.91. The second kappa shape index (κ2) is 6.91. The number of hydrogen-bond donors (Lipinski definition) is 3. The van der Waals surface area contributed by atoms with Gasteiger partial charge in [0.1, 0.15) is 0 Å². The summed E-state index contributed by atoms with van der Waals surface area (Å²) >= 11 is 0. The van der Waals surface area contributed by atoms with E-state index in [0.29, 0.717) is 0 Å². The Morgan fingerprint density at radius 2 is 2.16 bits per heavy atom. The lowest BCUT2D eigenvalue weighted by Gasteiger charge is -2.15. The van der Waals surface area contributed by atoms with Crippen LogP contribution in [0.2, 0.25) is 0 Å². The van der Waals surface area contributed by atoms with Crippen molar-refractivity contribution in [2.45, 2.75) is 6.10 Å². The summed E-state index contributed by atoms with van der Waals surface area (Å²) in [6.45, 7) is -0.453. The molecule has 0 aromatic heterocycles. The first-order valence-electron chi connectivity index (χ1n) is 5.52. The zero-order valence-electron chi connectivity index (χ0n) is 10.6. The highest BCUT2D eigenvalue weighted by Gasteiger charge is 2.16. The lowest BCUT2D eigenvalue weighted by atomic mass is 10.1. The maximum atomic E-state index is 13.7. The van der Waals surface area contributed by atoms with Gasteiger partial charge >= 0.3 is 5.97 Å². The Hall–Kier alpha value is -1.86. The van der Waals surface area contributed by atoms with Crippen molar-refractivity contribution in [1.29, 1.82) is 0 Å². The van der Waals surface area contributed by atoms with Crippen LogP contribution in [0.3, 0.4) is 0 Å². The van der Waals surface area contributed by atoms with Crippen LogP contribution >= 0.6 is 0 Å². The van der Waals surface area contributed by atoms with E-state index in [1.54, 1.807) is 0 Å². The molecular formula is C12H16FNO5. The van der Waals surface area contributed by atoms with Crippen LogP contribution in [0.15, 0.2) is 12.1 Å². The van der Waals surface area contributed by atoms with Crippen LogP contribution < -0.4 is 10.1 Å². The molecule has 0 radical (unpaired) electrons. The Labute approximate surface area is 109 Å². The van der Waals surface area contributed by atoms with Gasteiger partial charge in [0.05, 0.1) is 38.2 Å². The minimum Gasteiger partial charge on any atom is -0.492 e.